The Morgan fingerprint density at radius 3 is 2.84 bits per heavy atom. The average molecular weight is 261 g/mol. The van der Waals surface area contributed by atoms with Gasteiger partial charge < -0.3 is 10.1 Å². The van der Waals surface area contributed by atoms with Gasteiger partial charge in [0.25, 0.3) is 0 Å². The Balaban J connectivity index is 2.16. The van der Waals surface area contributed by atoms with Crippen molar-refractivity contribution in [3.63, 3.8) is 0 Å². The third kappa shape index (κ3) is 3.37. The minimum absolute atomic E-state index is 0.137. The van der Waals surface area contributed by atoms with Crippen LogP contribution in [0.25, 0.3) is 0 Å². The summed E-state index contributed by atoms with van der Waals surface area (Å²) in [5, 5.41) is 3.65. The van der Waals surface area contributed by atoms with Crippen LogP contribution >= 0.6 is 0 Å². The predicted octanol–water partition coefficient (Wildman–Crippen LogP) is 3.70. The molecule has 0 aliphatic carbocycles. The summed E-state index contributed by atoms with van der Waals surface area (Å²) in [6, 6.07) is 7.28. The zero-order valence-electron chi connectivity index (χ0n) is 12.8. The van der Waals surface area contributed by atoms with E-state index in [1.54, 1.807) is 0 Å². The Kier molecular flexibility index (Phi) is 4.64. The topological polar surface area (TPSA) is 21.3 Å². The van der Waals surface area contributed by atoms with Crippen molar-refractivity contribution in [2.45, 2.75) is 58.6 Å². The van der Waals surface area contributed by atoms with E-state index in [1.165, 1.54) is 23.1 Å². The number of hydrogen-bond donors (Lipinski definition) is 1. The quantitative estimate of drug-likeness (QED) is 0.892. The van der Waals surface area contributed by atoms with Crippen LogP contribution in [0.2, 0.25) is 0 Å². The van der Waals surface area contributed by atoms with E-state index >= 15 is 0 Å². The molecule has 19 heavy (non-hydrogen) atoms. The zero-order chi connectivity index (χ0) is 13.9. The van der Waals surface area contributed by atoms with Crippen molar-refractivity contribution >= 4 is 0 Å². The largest absolute Gasteiger partial charge is 0.370 e. The lowest BCUT2D eigenvalue weighted by Crippen LogP contribution is -2.44. The molecular weight excluding hydrogens is 234 g/mol. The summed E-state index contributed by atoms with van der Waals surface area (Å²) in [4.78, 5) is 0. The van der Waals surface area contributed by atoms with Gasteiger partial charge in [0.05, 0.1) is 5.60 Å². The number of benzene rings is 1. The fraction of sp³-hybridized carbons (Fsp3) is 0.647. The standard InChI is InChI=1S/C17H27NO/c1-5-9-18-15-8-10-19-17(4,12-15)16-7-6-13(2)11-14(16)3/h6-7,11,15,18H,5,8-10,12H2,1-4H3. The van der Waals surface area contributed by atoms with E-state index < -0.39 is 0 Å². The summed E-state index contributed by atoms with van der Waals surface area (Å²) in [6.07, 6.45) is 3.38. The first-order chi connectivity index (χ1) is 9.05. The van der Waals surface area contributed by atoms with Gasteiger partial charge in [0.1, 0.15) is 0 Å². The minimum atomic E-state index is -0.137. The Morgan fingerprint density at radius 2 is 2.16 bits per heavy atom. The number of nitrogens with one attached hydrogen (secondary N) is 1. The minimum Gasteiger partial charge on any atom is -0.370 e. The molecule has 1 N–H and O–H groups in total. The average Bonchev–Trinajstić information content (AvgIpc) is 2.36. The first-order valence-corrected chi connectivity index (χ1v) is 7.50. The van der Waals surface area contributed by atoms with E-state index in [1.807, 2.05) is 0 Å². The molecule has 2 nitrogen and oxygen atoms in total. The highest BCUT2D eigenvalue weighted by Crippen LogP contribution is 2.36. The summed E-state index contributed by atoms with van der Waals surface area (Å²) in [5.74, 6) is 0. The van der Waals surface area contributed by atoms with Gasteiger partial charge in [-0.05, 0) is 57.7 Å². The second-order valence-electron chi connectivity index (χ2n) is 6.04. The molecule has 1 fully saturated rings. The molecule has 0 aromatic heterocycles. The Hall–Kier alpha value is -0.860. The summed E-state index contributed by atoms with van der Waals surface area (Å²) in [5.41, 5.74) is 3.88. The molecule has 1 aromatic carbocycles. The molecule has 1 aliphatic heterocycles. The number of ether oxygens (including phenoxy) is 1. The molecule has 2 rings (SSSR count). The van der Waals surface area contributed by atoms with Crippen LogP contribution in [0, 0.1) is 13.8 Å². The fourth-order valence-corrected chi connectivity index (χ4v) is 3.17. The summed E-state index contributed by atoms with van der Waals surface area (Å²) < 4.78 is 6.14. The van der Waals surface area contributed by atoms with Crippen molar-refractivity contribution < 1.29 is 4.74 Å². The molecule has 106 valence electrons. The first kappa shape index (κ1) is 14.5. The van der Waals surface area contributed by atoms with Crippen LogP contribution in [0.5, 0.6) is 0 Å². The molecule has 2 unspecified atom stereocenters. The van der Waals surface area contributed by atoms with Gasteiger partial charge in [-0.25, -0.2) is 0 Å². The molecule has 0 spiro atoms. The van der Waals surface area contributed by atoms with Crippen LogP contribution in [0.1, 0.15) is 49.8 Å². The van der Waals surface area contributed by atoms with E-state index in [4.69, 9.17) is 4.74 Å². The van der Waals surface area contributed by atoms with Crippen molar-refractivity contribution in [2.24, 2.45) is 0 Å². The number of hydrogen-bond acceptors (Lipinski definition) is 2. The second-order valence-corrected chi connectivity index (χ2v) is 6.04. The summed E-state index contributed by atoms with van der Waals surface area (Å²) >= 11 is 0. The molecule has 1 aliphatic rings. The smallest absolute Gasteiger partial charge is 0.0920 e. The lowest BCUT2D eigenvalue weighted by atomic mass is 9.83. The van der Waals surface area contributed by atoms with Crippen molar-refractivity contribution in [2.75, 3.05) is 13.2 Å². The third-order valence-electron chi connectivity index (χ3n) is 4.16. The normalized spacial score (nSPS) is 27.5. The molecule has 0 saturated carbocycles. The summed E-state index contributed by atoms with van der Waals surface area (Å²) in [7, 11) is 0. The Morgan fingerprint density at radius 1 is 1.37 bits per heavy atom. The molecule has 1 saturated heterocycles. The molecule has 1 aromatic rings. The van der Waals surface area contributed by atoms with Crippen molar-refractivity contribution in [1.82, 2.24) is 5.32 Å². The van der Waals surface area contributed by atoms with Crippen LogP contribution in [0.4, 0.5) is 0 Å². The second kappa shape index (κ2) is 6.06. The predicted molar refractivity (Wildman–Crippen MR) is 80.5 cm³/mol. The molecule has 1 heterocycles. The lowest BCUT2D eigenvalue weighted by molar-refractivity contribution is -0.0815. The van der Waals surface area contributed by atoms with Crippen LogP contribution in [-0.2, 0) is 10.3 Å². The highest BCUT2D eigenvalue weighted by atomic mass is 16.5. The molecule has 0 bridgehead atoms. The molecular formula is C17H27NO. The van der Waals surface area contributed by atoms with Gasteiger partial charge >= 0.3 is 0 Å². The van der Waals surface area contributed by atoms with Crippen LogP contribution < -0.4 is 5.32 Å². The highest BCUT2D eigenvalue weighted by Gasteiger charge is 2.35. The van der Waals surface area contributed by atoms with E-state index in [0.717, 1.165) is 26.0 Å². The summed E-state index contributed by atoms with van der Waals surface area (Å²) in [6.45, 7) is 10.8. The Labute approximate surface area is 117 Å². The van der Waals surface area contributed by atoms with Crippen molar-refractivity contribution in [3.05, 3.63) is 34.9 Å². The molecule has 2 atom stereocenters. The maximum Gasteiger partial charge on any atom is 0.0920 e. The number of aryl methyl sites for hydroxylation is 2. The fourth-order valence-electron chi connectivity index (χ4n) is 3.17. The van der Waals surface area contributed by atoms with E-state index in [-0.39, 0.29) is 5.60 Å². The van der Waals surface area contributed by atoms with Crippen molar-refractivity contribution in [3.8, 4) is 0 Å². The molecule has 0 amide bonds. The molecule has 0 radical (unpaired) electrons. The van der Waals surface area contributed by atoms with E-state index in [2.05, 4.69) is 51.2 Å². The van der Waals surface area contributed by atoms with Gasteiger partial charge in [-0.15, -0.1) is 0 Å². The van der Waals surface area contributed by atoms with Crippen molar-refractivity contribution in [1.29, 1.82) is 0 Å². The van der Waals surface area contributed by atoms with Gasteiger partial charge in [0.15, 0.2) is 0 Å². The zero-order valence-corrected chi connectivity index (χ0v) is 12.8. The third-order valence-corrected chi connectivity index (χ3v) is 4.16. The van der Waals surface area contributed by atoms with Gasteiger partial charge in [0, 0.05) is 12.6 Å². The highest BCUT2D eigenvalue weighted by molar-refractivity contribution is 5.35. The van der Waals surface area contributed by atoms with E-state index in [9.17, 15) is 0 Å². The van der Waals surface area contributed by atoms with Gasteiger partial charge in [-0.3, -0.25) is 0 Å². The van der Waals surface area contributed by atoms with Gasteiger partial charge in [-0.2, -0.15) is 0 Å². The van der Waals surface area contributed by atoms with Gasteiger partial charge in [-0.1, -0.05) is 30.7 Å². The van der Waals surface area contributed by atoms with Gasteiger partial charge in [0.2, 0.25) is 0 Å². The Bertz CT molecular complexity index is 429. The monoisotopic (exact) mass is 261 g/mol. The maximum atomic E-state index is 6.14. The van der Waals surface area contributed by atoms with Crippen LogP contribution in [-0.4, -0.2) is 19.2 Å². The molecule has 2 heteroatoms. The number of rotatable bonds is 4. The van der Waals surface area contributed by atoms with Crippen LogP contribution in [0.3, 0.4) is 0 Å². The van der Waals surface area contributed by atoms with Crippen LogP contribution in [0.15, 0.2) is 18.2 Å². The van der Waals surface area contributed by atoms with E-state index in [0.29, 0.717) is 6.04 Å². The first-order valence-electron chi connectivity index (χ1n) is 7.50. The maximum absolute atomic E-state index is 6.14. The SMILES string of the molecule is CCCNC1CCOC(C)(c2ccc(C)cc2C)C1. The lowest BCUT2D eigenvalue weighted by Gasteiger charge is -2.40.